The maximum Gasteiger partial charge on any atom is 0.251 e. The number of nitrogens with zero attached hydrogens (tertiary/aromatic N) is 1. The van der Waals surface area contributed by atoms with Crippen LogP contribution in [-0.4, -0.2) is 57.8 Å². The quantitative estimate of drug-likeness (QED) is 0.200. The van der Waals surface area contributed by atoms with Crippen molar-refractivity contribution in [3.63, 3.8) is 0 Å². The van der Waals surface area contributed by atoms with Crippen LogP contribution in [0.2, 0.25) is 0 Å². The van der Waals surface area contributed by atoms with Crippen LogP contribution in [0.15, 0.2) is 53.5 Å². The highest BCUT2D eigenvalue weighted by atomic mass is 16.2. The summed E-state index contributed by atoms with van der Waals surface area (Å²) in [6, 6.07) is 15.4. The number of rotatable bonds is 15. The van der Waals surface area contributed by atoms with Gasteiger partial charge in [-0.25, -0.2) is 0 Å². The van der Waals surface area contributed by atoms with Crippen molar-refractivity contribution in [2.45, 2.75) is 38.4 Å². The van der Waals surface area contributed by atoms with Gasteiger partial charge >= 0.3 is 0 Å². The summed E-state index contributed by atoms with van der Waals surface area (Å²) in [5.74, 6) is -0.0788. The van der Waals surface area contributed by atoms with Crippen molar-refractivity contribution in [1.82, 2.24) is 26.6 Å². The first kappa shape index (κ1) is 26.5. The molecule has 0 saturated carbocycles. The molecule has 0 unspecified atom stereocenters. The molecule has 2 aromatic rings. The van der Waals surface area contributed by atoms with Gasteiger partial charge in [-0.05, 0) is 55.0 Å². The summed E-state index contributed by atoms with van der Waals surface area (Å²) in [5, 5.41) is 16.0. The zero-order valence-electron chi connectivity index (χ0n) is 20.4. The van der Waals surface area contributed by atoms with Crippen LogP contribution in [0.3, 0.4) is 0 Å². The Morgan fingerprint density at radius 3 is 1.89 bits per heavy atom. The maximum absolute atomic E-state index is 12.3. The van der Waals surface area contributed by atoms with E-state index in [1.807, 2.05) is 48.5 Å². The van der Waals surface area contributed by atoms with Gasteiger partial charge in [-0.15, -0.1) is 0 Å². The van der Waals surface area contributed by atoms with Crippen LogP contribution in [0.1, 0.15) is 63.7 Å². The molecule has 188 valence electrons. The molecule has 5 N–H and O–H groups in total. The fourth-order valence-electron chi connectivity index (χ4n) is 3.94. The second kappa shape index (κ2) is 15.0. The van der Waals surface area contributed by atoms with Gasteiger partial charge in [-0.1, -0.05) is 37.1 Å². The summed E-state index contributed by atoms with van der Waals surface area (Å²) in [4.78, 5) is 28.4. The third-order valence-electron chi connectivity index (χ3n) is 5.99. The summed E-state index contributed by atoms with van der Waals surface area (Å²) in [7, 11) is 0. The van der Waals surface area contributed by atoms with Gasteiger partial charge in [0.25, 0.3) is 11.8 Å². The number of nitrogens with one attached hydrogen (secondary N) is 5. The molecular weight excluding hydrogens is 440 g/mol. The molecule has 8 heteroatoms. The minimum absolute atomic E-state index is 0.0354. The van der Waals surface area contributed by atoms with E-state index in [1.54, 1.807) is 0 Å². The molecule has 1 aliphatic heterocycles. The van der Waals surface area contributed by atoms with Gasteiger partial charge in [0.15, 0.2) is 0 Å². The van der Waals surface area contributed by atoms with E-state index in [-0.39, 0.29) is 18.0 Å². The first-order chi connectivity index (χ1) is 17.2. The average molecular weight is 479 g/mol. The highest BCUT2D eigenvalue weighted by Crippen LogP contribution is 2.13. The van der Waals surface area contributed by atoms with Gasteiger partial charge in [0.2, 0.25) is 0 Å². The number of aliphatic imine (C=N–C) groups is 1. The maximum atomic E-state index is 12.3. The van der Waals surface area contributed by atoms with E-state index in [0.29, 0.717) is 30.8 Å². The second-order valence-electron chi connectivity index (χ2n) is 8.71. The third-order valence-corrected chi connectivity index (χ3v) is 5.99. The summed E-state index contributed by atoms with van der Waals surface area (Å²) < 4.78 is 0. The SMILES string of the molecule is C=NCCNCc1ccc(C(=O)NCCCCCCNC(=O)c2ccc(C3NCCN3)cc2)cc1. The van der Waals surface area contributed by atoms with Gasteiger partial charge in [-0.2, -0.15) is 0 Å². The van der Waals surface area contributed by atoms with Crippen LogP contribution in [0.4, 0.5) is 0 Å². The topological polar surface area (TPSA) is 107 Å². The van der Waals surface area contributed by atoms with Crippen LogP contribution < -0.4 is 26.6 Å². The molecule has 0 atom stereocenters. The summed E-state index contributed by atoms with van der Waals surface area (Å²) >= 11 is 0. The van der Waals surface area contributed by atoms with Gasteiger partial charge in [0.05, 0.1) is 12.7 Å². The van der Waals surface area contributed by atoms with Crippen molar-refractivity contribution in [1.29, 1.82) is 0 Å². The van der Waals surface area contributed by atoms with Crippen molar-refractivity contribution in [2.75, 3.05) is 39.3 Å². The molecule has 2 aromatic carbocycles. The standard InChI is InChI=1S/C27H38N6O2/c1-28-16-17-29-20-21-6-8-23(9-7-21)26(34)32-14-4-2-3-5-15-33-27(35)24-12-10-22(11-13-24)25-30-18-19-31-25/h6-13,25,29-31H,1-5,14-20H2,(H,32,34)(H,33,35). The lowest BCUT2D eigenvalue weighted by atomic mass is 10.1. The smallest absolute Gasteiger partial charge is 0.251 e. The lowest BCUT2D eigenvalue weighted by Crippen LogP contribution is -2.25. The van der Waals surface area contributed by atoms with Crippen molar-refractivity contribution in [3.8, 4) is 0 Å². The van der Waals surface area contributed by atoms with Crippen molar-refractivity contribution >= 4 is 18.5 Å². The molecule has 0 spiro atoms. The van der Waals surface area contributed by atoms with Crippen LogP contribution >= 0.6 is 0 Å². The number of unbranched alkanes of at least 4 members (excludes halogenated alkanes) is 3. The minimum Gasteiger partial charge on any atom is -0.352 e. The van der Waals surface area contributed by atoms with Crippen LogP contribution in [0, 0.1) is 0 Å². The Morgan fingerprint density at radius 2 is 1.34 bits per heavy atom. The lowest BCUT2D eigenvalue weighted by Gasteiger charge is -2.12. The van der Waals surface area contributed by atoms with Crippen molar-refractivity contribution < 1.29 is 9.59 Å². The molecule has 2 amide bonds. The van der Waals surface area contributed by atoms with E-state index in [0.717, 1.165) is 63.0 Å². The zero-order valence-corrected chi connectivity index (χ0v) is 20.4. The van der Waals surface area contributed by atoms with Gasteiger partial charge < -0.3 is 16.0 Å². The Kier molecular flexibility index (Phi) is 11.4. The number of hydrogen-bond donors (Lipinski definition) is 5. The van der Waals surface area contributed by atoms with Gasteiger partial charge in [-0.3, -0.25) is 25.2 Å². The van der Waals surface area contributed by atoms with E-state index in [9.17, 15) is 9.59 Å². The molecule has 0 radical (unpaired) electrons. The predicted molar refractivity (Wildman–Crippen MR) is 141 cm³/mol. The molecule has 0 bridgehead atoms. The number of carbonyl (C=O) groups is 2. The largest absolute Gasteiger partial charge is 0.352 e. The molecule has 0 aromatic heterocycles. The average Bonchev–Trinajstić information content (AvgIpc) is 3.43. The summed E-state index contributed by atoms with van der Waals surface area (Å²) in [6.45, 7) is 8.93. The fraction of sp³-hybridized carbons (Fsp3) is 0.444. The molecular formula is C27H38N6O2. The van der Waals surface area contributed by atoms with Gasteiger partial charge in [0.1, 0.15) is 0 Å². The third kappa shape index (κ3) is 9.24. The van der Waals surface area contributed by atoms with Crippen LogP contribution in [0.5, 0.6) is 0 Å². The molecule has 1 saturated heterocycles. The fourth-order valence-corrected chi connectivity index (χ4v) is 3.94. The summed E-state index contributed by atoms with van der Waals surface area (Å²) in [6.07, 6.45) is 4.04. The van der Waals surface area contributed by atoms with E-state index in [1.165, 1.54) is 0 Å². The first-order valence-electron chi connectivity index (χ1n) is 12.5. The predicted octanol–water partition coefficient (Wildman–Crippen LogP) is 2.39. The Hall–Kier alpha value is -3.07. The van der Waals surface area contributed by atoms with Crippen molar-refractivity contribution in [2.24, 2.45) is 4.99 Å². The number of amides is 2. The van der Waals surface area contributed by atoms with E-state index in [4.69, 9.17) is 0 Å². The summed E-state index contributed by atoms with van der Waals surface area (Å²) in [5.41, 5.74) is 3.64. The van der Waals surface area contributed by atoms with E-state index < -0.39 is 0 Å². The first-order valence-corrected chi connectivity index (χ1v) is 12.5. The molecule has 1 heterocycles. The molecule has 8 nitrogen and oxygen atoms in total. The Morgan fingerprint density at radius 1 is 0.800 bits per heavy atom. The van der Waals surface area contributed by atoms with Crippen molar-refractivity contribution in [3.05, 3.63) is 70.8 Å². The zero-order chi connectivity index (χ0) is 24.7. The highest BCUT2D eigenvalue weighted by Gasteiger charge is 2.15. The highest BCUT2D eigenvalue weighted by molar-refractivity contribution is 5.94. The Bertz CT molecular complexity index is 924. The van der Waals surface area contributed by atoms with E-state index in [2.05, 4.69) is 38.3 Å². The number of carbonyl (C=O) groups excluding carboxylic acids is 2. The van der Waals surface area contributed by atoms with E-state index >= 15 is 0 Å². The number of benzene rings is 2. The molecule has 1 fully saturated rings. The monoisotopic (exact) mass is 478 g/mol. The number of hydrogen-bond acceptors (Lipinski definition) is 6. The normalized spacial score (nSPS) is 13.5. The van der Waals surface area contributed by atoms with Crippen LogP contribution in [-0.2, 0) is 6.54 Å². The lowest BCUT2D eigenvalue weighted by molar-refractivity contribution is 0.0943. The Labute approximate surface area is 208 Å². The molecule has 3 rings (SSSR count). The molecule has 0 aliphatic carbocycles. The minimum atomic E-state index is -0.0434. The molecule has 1 aliphatic rings. The second-order valence-corrected chi connectivity index (χ2v) is 8.71. The van der Waals surface area contributed by atoms with Gasteiger partial charge in [0, 0.05) is 50.4 Å². The van der Waals surface area contributed by atoms with Crippen LogP contribution in [0.25, 0.3) is 0 Å². The molecule has 35 heavy (non-hydrogen) atoms. The Balaban J connectivity index is 1.22.